The highest BCUT2D eigenvalue weighted by Gasteiger charge is 2.28. The third-order valence-corrected chi connectivity index (χ3v) is 7.90. The van der Waals surface area contributed by atoms with E-state index in [0.29, 0.717) is 43.4 Å². The van der Waals surface area contributed by atoms with Crippen LogP contribution in [0.2, 0.25) is 0 Å². The summed E-state index contributed by atoms with van der Waals surface area (Å²) >= 11 is 1.72. The predicted molar refractivity (Wildman–Crippen MR) is 153 cm³/mol. The molecule has 0 radical (unpaired) electrons. The maximum absolute atomic E-state index is 12.9. The Balaban J connectivity index is 1.36. The highest BCUT2D eigenvalue weighted by Crippen LogP contribution is 2.38. The lowest BCUT2D eigenvalue weighted by molar-refractivity contribution is -0.128. The van der Waals surface area contributed by atoms with E-state index in [0.717, 1.165) is 16.5 Å². The first-order chi connectivity index (χ1) is 18.4. The number of aliphatic hydroxyl groups excluding tert-OH is 1. The Kier molecular flexibility index (Phi) is 9.20. The molecule has 0 spiro atoms. The molecule has 2 unspecified atom stereocenters. The fourth-order valence-electron chi connectivity index (χ4n) is 4.85. The van der Waals surface area contributed by atoms with E-state index in [4.69, 9.17) is 14.2 Å². The van der Waals surface area contributed by atoms with Crippen molar-refractivity contribution in [3.8, 4) is 17.2 Å². The number of nitrogens with zero attached hydrogens (tertiary/aromatic N) is 2. The molecule has 1 heterocycles. The molecule has 1 fully saturated rings. The lowest BCUT2D eigenvalue weighted by Gasteiger charge is -2.39. The smallest absolute Gasteiger partial charge is 0.246 e. The van der Waals surface area contributed by atoms with Crippen molar-refractivity contribution in [1.29, 1.82) is 0 Å². The Morgan fingerprint density at radius 3 is 2.16 bits per heavy atom. The number of piperazine rings is 1. The van der Waals surface area contributed by atoms with Crippen molar-refractivity contribution in [2.24, 2.45) is 0 Å². The molecule has 1 N–H and O–H groups in total. The van der Waals surface area contributed by atoms with Gasteiger partial charge in [-0.2, -0.15) is 0 Å². The van der Waals surface area contributed by atoms with Crippen molar-refractivity contribution in [2.75, 3.05) is 53.8 Å². The molecule has 0 bridgehead atoms. The molecule has 1 saturated heterocycles. The number of hydrogen-bond acceptors (Lipinski definition) is 7. The van der Waals surface area contributed by atoms with Gasteiger partial charge in [0.25, 0.3) is 0 Å². The molecule has 1 aliphatic heterocycles. The van der Waals surface area contributed by atoms with Gasteiger partial charge < -0.3 is 24.2 Å². The van der Waals surface area contributed by atoms with E-state index < -0.39 is 6.10 Å². The quantitative estimate of drug-likeness (QED) is 0.309. The van der Waals surface area contributed by atoms with Crippen molar-refractivity contribution in [3.05, 3.63) is 65.7 Å². The molecule has 202 valence electrons. The van der Waals surface area contributed by atoms with Gasteiger partial charge in [0.05, 0.1) is 27.4 Å². The second kappa shape index (κ2) is 12.6. The average Bonchev–Trinajstić information content (AvgIpc) is 2.97. The predicted octanol–water partition coefficient (Wildman–Crippen LogP) is 4.87. The standard InChI is InChI=1S/C30H36N2O5S/c1-20(29(34)24-8-7-23-19-25(38-5)10-9-22(23)18-24)31-12-14-32(15-13-31)28(33)11-6-21-16-26(35-2)30(37-4)27(17-21)36-3/h6-11,16-20,29,34H,12-15H2,1-5H3. The van der Waals surface area contributed by atoms with Gasteiger partial charge in [-0.1, -0.05) is 18.2 Å². The SMILES string of the molecule is COc1cc(C=CC(=O)N2CCN(C(C)C(O)c3ccc4cc(SC)ccc4c3)CC2)cc(OC)c1OC. The Bertz CT molecular complexity index is 1280. The summed E-state index contributed by atoms with van der Waals surface area (Å²) in [6.07, 6.45) is 4.79. The summed E-state index contributed by atoms with van der Waals surface area (Å²) in [4.78, 5) is 18.2. The number of rotatable bonds is 9. The molecule has 3 aromatic rings. The first kappa shape index (κ1) is 27.8. The van der Waals surface area contributed by atoms with Gasteiger partial charge in [0.2, 0.25) is 11.7 Å². The molecule has 0 aromatic heterocycles. The fraction of sp³-hybridized carbons (Fsp3) is 0.367. The zero-order chi connectivity index (χ0) is 27.2. The summed E-state index contributed by atoms with van der Waals surface area (Å²) in [5, 5.41) is 13.4. The lowest BCUT2D eigenvalue weighted by Crippen LogP contribution is -2.52. The number of methoxy groups -OCH3 is 3. The minimum Gasteiger partial charge on any atom is -0.493 e. The van der Waals surface area contributed by atoms with Crippen molar-refractivity contribution in [2.45, 2.75) is 24.0 Å². The van der Waals surface area contributed by atoms with Crippen LogP contribution < -0.4 is 14.2 Å². The van der Waals surface area contributed by atoms with Gasteiger partial charge in [-0.05, 0) is 71.5 Å². The number of hydrogen-bond donors (Lipinski definition) is 1. The number of fused-ring (bicyclic) bond motifs is 1. The van der Waals surface area contributed by atoms with Crippen LogP contribution in [0.1, 0.15) is 24.2 Å². The maximum atomic E-state index is 12.9. The normalized spacial score (nSPS) is 16.0. The van der Waals surface area contributed by atoms with Crippen molar-refractivity contribution < 1.29 is 24.1 Å². The third-order valence-electron chi connectivity index (χ3n) is 7.18. The van der Waals surface area contributed by atoms with E-state index in [-0.39, 0.29) is 11.9 Å². The average molecular weight is 537 g/mol. The monoisotopic (exact) mass is 536 g/mol. The molecular formula is C30H36N2O5S. The minimum atomic E-state index is -0.609. The molecule has 7 nitrogen and oxygen atoms in total. The van der Waals surface area contributed by atoms with Crippen LogP contribution in [0.4, 0.5) is 0 Å². The summed E-state index contributed by atoms with van der Waals surface area (Å²) in [5.74, 6) is 1.54. The molecule has 0 aliphatic carbocycles. The Hall–Kier alpha value is -3.20. The van der Waals surface area contributed by atoms with E-state index in [2.05, 4.69) is 41.5 Å². The van der Waals surface area contributed by atoms with Crippen LogP contribution in [-0.2, 0) is 4.79 Å². The molecule has 0 saturated carbocycles. The Labute approximate surface area is 229 Å². The van der Waals surface area contributed by atoms with Crippen LogP contribution in [0.5, 0.6) is 17.2 Å². The van der Waals surface area contributed by atoms with Gasteiger partial charge in [0.15, 0.2) is 11.5 Å². The van der Waals surface area contributed by atoms with E-state index in [1.807, 2.05) is 17.9 Å². The van der Waals surface area contributed by atoms with Crippen molar-refractivity contribution >= 4 is 34.5 Å². The van der Waals surface area contributed by atoms with Crippen LogP contribution in [0.3, 0.4) is 0 Å². The molecule has 38 heavy (non-hydrogen) atoms. The van der Waals surface area contributed by atoms with E-state index in [1.165, 1.54) is 10.3 Å². The molecule has 4 rings (SSSR count). The van der Waals surface area contributed by atoms with Crippen molar-refractivity contribution in [1.82, 2.24) is 9.80 Å². The van der Waals surface area contributed by atoms with E-state index >= 15 is 0 Å². The van der Waals surface area contributed by atoms with E-state index in [9.17, 15) is 9.90 Å². The second-order valence-electron chi connectivity index (χ2n) is 9.31. The summed E-state index contributed by atoms with van der Waals surface area (Å²) in [6, 6.07) is 16.1. The molecule has 3 aromatic carbocycles. The number of carbonyl (C=O) groups excluding carboxylic acids is 1. The van der Waals surface area contributed by atoms with Crippen LogP contribution in [0.15, 0.2) is 59.5 Å². The van der Waals surface area contributed by atoms with Gasteiger partial charge in [0, 0.05) is 43.2 Å². The minimum absolute atomic E-state index is 0.0502. The molecular weight excluding hydrogens is 500 g/mol. The highest BCUT2D eigenvalue weighted by atomic mass is 32.2. The van der Waals surface area contributed by atoms with Gasteiger partial charge in [-0.3, -0.25) is 9.69 Å². The topological polar surface area (TPSA) is 71.5 Å². The second-order valence-corrected chi connectivity index (χ2v) is 10.2. The summed E-state index contributed by atoms with van der Waals surface area (Å²) in [7, 11) is 4.69. The maximum Gasteiger partial charge on any atom is 0.246 e. The number of aliphatic hydroxyl groups is 1. The molecule has 8 heteroatoms. The van der Waals surface area contributed by atoms with Crippen molar-refractivity contribution in [3.63, 3.8) is 0 Å². The summed E-state index contributed by atoms with van der Waals surface area (Å²) < 4.78 is 16.2. The lowest BCUT2D eigenvalue weighted by atomic mass is 9.98. The zero-order valence-corrected chi connectivity index (χ0v) is 23.5. The third kappa shape index (κ3) is 6.09. The van der Waals surface area contributed by atoms with Crippen LogP contribution >= 0.6 is 11.8 Å². The van der Waals surface area contributed by atoms with Gasteiger partial charge >= 0.3 is 0 Å². The number of amides is 1. The number of carbonyl (C=O) groups is 1. The number of thioether (sulfide) groups is 1. The molecule has 2 atom stereocenters. The summed E-state index contributed by atoms with van der Waals surface area (Å²) in [5.41, 5.74) is 1.69. The van der Waals surface area contributed by atoms with Crippen LogP contribution in [0, 0.1) is 0 Å². The Morgan fingerprint density at radius 1 is 0.921 bits per heavy atom. The molecule has 1 aliphatic rings. The number of ether oxygens (including phenoxy) is 3. The highest BCUT2D eigenvalue weighted by molar-refractivity contribution is 7.98. The first-order valence-corrected chi connectivity index (χ1v) is 13.9. The first-order valence-electron chi connectivity index (χ1n) is 12.6. The molecule has 1 amide bonds. The van der Waals surface area contributed by atoms with Crippen LogP contribution in [0.25, 0.3) is 16.8 Å². The van der Waals surface area contributed by atoms with Crippen LogP contribution in [-0.4, -0.2) is 80.6 Å². The van der Waals surface area contributed by atoms with Gasteiger partial charge in [-0.25, -0.2) is 0 Å². The van der Waals surface area contributed by atoms with Gasteiger partial charge in [-0.15, -0.1) is 11.8 Å². The Morgan fingerprint density at radius 2 is 1.55 bits per heavy atom. The zero-order valence-electron chi connectivity index (χ0n) is 22.6. The van der Waals surface area contributed by atoms with E-state index in [1.54, 1.807) is 57.4 Å². The number of benzene rings is 3. The largest absolute Gasteiger partial charge is 0.493 e. The summed E-state index contributed by atoms with van der Waals surface area (Å²) in [6.45, 7) is 4.65. The fourth-order valence-corrected chi connectivity index (χ4v) is 5.30. The van der Waals surface area contributed by atoms with Gasteiger partial charge in [0.1, 0.15) is 0 Å².